The molecule has 6 nitrogen and oxygen atoms in total. The molecule has 1 aromatic heterocycles. The van der Waals surface area contributed by atoms with Gasteiger partial charge < -0.3 is 9.88 Å². The quantitative estimate of drug-likeness (QED) is 0.378. The van der Waals surface area contributed by atoms with Crippen molar-refractivity contribution in [2.75, 3.05) is 11.4 Å². The third-order valence-electron chi connectivity index (χ3n) is 7.84. The van der Waals surface area contributed by atoms with E-state index in [1.807, 2.05) is 19.1 Å². The van der Waals surface area contributed by atoms with E-state index in [-0.39, 0.29) is 24.0 Å². The fourth-order valence-corrected chi connectivity index (χ4v) is 7.25. The second kappa shape index (κ2) is 10.7. The number of hydrogen-bond acceptors (Lipinski definition) is 4. The zero-order valence-electron chi connectivity index (χ0n) is 21.4. The van der Waals surface area contributed by atoms with Crippen molar-refractivity contribution in [1.82, 2.24) is 14.3 Å². The average Bonchev–Trinajstić information content (AvgIpc) is 3.56. The van der Waals surface area contributed by atoms with E-state index >= 15 is 0 Å². The second-order valence-corrected chi connectivity index (χ2v) is 12.5. The van der Waals surface area contributed by atoms with Gasteiger partial charge in [0.1, 0.15) is 0 Å². The van der Waals surface area contributed by atoms with Gasteiger partial charge in [-0.15, -0.1) is 0 Å². The van der Waals surface area contributed by atoms with E-state index in [1.54, 1.807) is 12.5 Å². The molecule has 38 heavy (non-hydrogen) atoms. The van der Waals surface area contributed by atoms with E-state index in [1.165, 1.54) is 30.0 Å². The fourth-order valence-electron chi connectivity index (χ4n) is 5.80. The first-order chi connectivity index (χ1) is 18.1. The van der Waals surface area contributed by atoms with Gasteiger partial charge in [0, 0.05) is 31.0 Å². The van der Waals surface area contributed by atoms with Crippen LogP contribution >= 0.6 is 0 Å². The molecular formula is C28H33F3N4O2S. The monoisotopic (exact) mass is 546 g/mol. The van der Waals surface area contributed by atoms with Crippen molar-refractivity contribution in [3.8, 4) is 0 Å². The Labute approximate surface area is 221 Å². The van der Waals surface area contributed by atoms with Crippen LogP contribution in [-0.2, 0) is 29.3 Å². The van der Waals surface area contributed by atoms with Crippen molar-refractivity contribution in [1.29, 1.82) is 0 Å². The highest BCUT2D eigenvalue weighted by molar-refractivity contribution is 7.89. The summed E-state index contributed by atoms with van der Waals surface area (Å²) in [4.78, 5) is 9.49. The van der Waals surface area contributed by atoms with Crippen LogP contribution in [0.15, 0.2) is 59.9 Å². The highest BCUT2D eigenvalue weighted by Crippen LogP contribution is 2.37. The van der Waals surface area contributed by atoms with E-state index in [9.17, 15) is 21.6 Å². The van der Waals surface area contributed by atoms with Gasteiger partial charge in [-0.3, -0.25) is 0 Å². The number of fused-ring (bicyclic) bond motifs is 1. The summed E-state index contributed by atoms with van der Waals surface area (Å²) in [5.74, 6) is 0.643. The van der Waals surface area contributed by atoms with Crippen molar-refractivity contribution in [2.24, 2.45) is 5.92 Å². The number of halogens is 3. The number of aromatic amines is 1. The van der Waals surface area contributed by atoms with Crippen LogP contribution in [0.4, 0.5) is 18.9 Å². The largest absolute Gasteiger partial charge is 0.416 e. The molecule has 1 fully saturated rings. The molecule has 5 rings (SSSR count). The minimum atomic E-state index is -4.53. The Kier molecular flexibility index (Phi) is 7.55. The predicted molar refractivity (Wildman–Crippen MR) is 140 cm³/mol. The molecule has 2 aliphatic rings. The van der Waals surface area contributed by atoms with Crippen molar-refractivity contribution in [2.45, 2.75) is 75.7 Å². The zero-order chi connectivity index (χ0) is 26.9. The molecule has 2 heterocycles. The highest BCUT2D eigenvalue weighted by atomic mass is 32.2. The maximum atomic E-state index is 13.8. The molecular weight excluding hydrogens is 513 g/mol. The number of aryl methyl sites for hydroxylation is 1. The lowest BCUT2D eigenvalue weighted by Crippen LogP contribution is -2.43. The average molecular weight is 547 g/mol. The van der Waals surface area contributed by atoms with Gasteiger partial charge in [0.2, 0.25) is 10.0 Å². The Balaban J connectivity index is 1.52. The van der Waals surface area contributed by atoms with Crippen LogP contribution in [0.2, 0.25) is 0 Å². The molecule has 1 aliphatic carbocycles. The van der Waals surface area contributed by atoms with Crippen LogP contribution in [0.5, 0.6) is 0 Å². The topological polar surface area (TPSA) is 69.3 Å². The minimum Gasteiger partial charge on any atom is -0.361 e. The van der Waals surface area contributed by atoms with Crippen molar-refractivity contribution < 1.29 is 21.6 Å². The Hall–Kier alpha value is -2.85. The molecule has 0 radical (unpaired) electrons. The second-order valence-electron chi connectivity index (χ2n) is 10.5. The zero-order valence-corrected chi connectivity index (χ0v) is 22.2. The molecule has 3 aromatic rings. The first-order valence-electron chi connectivity index (χ1n) is 13.1. The van der Waals surface area contributed by atoms with Gasteiger partial charge in [-0.05, 0) is 61.6 Å². The molecule has 1 saturated carbocycles. The maximum Gasteiger partial charge on any atom is 0.416 e. The summed E-state index contributed by atoms with van der Waals surface area (Å²) in [5, 5.41) is 0. The van der Waals surface area contributed by atoms with Gasteiger partial charge in [-0.2, -0.15) is 17.5 Å². The number of nitrogens with one attached hydrogen (secondary N) is 1. The highest BCUT2D eigenvalue weighted by Gasteiger charge is 2.36. The summed E-state index contributed by atoms with van der Waals surface area (Å²) < 4.78 is 68.5. The lowest BCUT2D eigenvalue weighted by atomic mass is 9.97. The summed E-state index contributed by atoms with van der Waals surface area (Å²) in [6, 6.07) is 9.79. The van der Waals surface area contributed by atoms with E-state index in [2.05, 4.69) is 20.9 Å². The number of sulfonamides is 1. The van der Waals surface area contributed by atoms with Crippen molar-refractivity contribution >= 4 is 15.7 Å². The SMILES string of the molecule is Cc1ccc2c(c1)CN(S(=O)(=O)c1ccc(C(F)(F)F)cc1)CC(CCC1CCCC1)N2Cc1cnc[nH]1. The van der Waals surface area contributed by atoms with E-state index in [0.29, 0.717) is 12.5 Å². The van der Waals surface area contributed by atoms with Crippen LogP contribution in [0.1, 0.15) is 60.9 Å². The minimum absolute atomic E-state index is 0.105. The number of aromatic nitrogens is 2. The summed E-state index contributed by atoms with van der Waals surface area (Å²) in [5.41, 5.74) is 2.94. The lowest BCUT2D eigenvalue weighted by molar-refractivity contribution is -0.137. The third kappa shape index (κ3) is 5.76. The Morgan fingerprint density at radius 1 is 1.05 bits per heavy atom. The lowest BCUT2D eigenvalue weighted by Gasteiger charge is -2.34. The van der Waals surface area contributed by atoms with Crippen LogP contribution in [0.25, 0.3) is 0 Å². The van der Waals surface area contributed by atoms with Crippen LogP contribution in [0, 0.1) is 12.8 Å². The van der Waals surface area contributed by atoms with Gasteiger partial charge in [0.05, 0.1) is 29.0 Å². The first kappa shape index (κ1) is 26.7. The standard InChI is InChI=1S/C28H33F3N4O2S/c1-20-6-13-27-22(14-20)16-34(38(36,37)26-11-8-23(9-12-26)28(29,30)31)18-25(10-7-21-4-2-3-5-21)35(27)17-24-15-32-19-33-24/h6,8-9,11-15,19,21,25H,2-5,7,10,16-18H2,1H3,(H,32,33). The van der Waals surface area contributed by atoms with Gasteiger partial charge >= 0.3 is 6.18 Å². The molecule has 1 unspecified atom stereocenters. The molecule has 2 aromatic carbocycles. The van der Waals surface area contributed by atoms with Gasteiger partial charge in [0.25, 0.3) is 0 Å². The number of nitrogens with zero attached hydrogens (tertiary/aromatic N) is 3. The number of alkyl halides is 3. The number of hydrogen-bond donors (Lipinski definition) is 1. The summed E-state index contributed by atoms with van der Waals surface area (Å²) in [7, 11) is -4.04. The molecule has 0 amide bonds. The molecule has 0 spiro atoms. The predicted octanol–water partition coefficient (Wildman–Crippen LogP) is 6.29. The van der Waals surface area contributed by atoms with E-state index < -0.39 is 21.8 Å². The number of anilines is 1. The first-order valence-corrected chi connectivity index (χ1v) is 14.6. The third-order valence-corrected chi connectivity index (χ3v) is 9.67. The van der Waals surface area contributed by atoms with Crippen molar-refractivity contribution in [3.05, 3.63) is 77.4 Å². The molecule has 1 atom stereocenters. The number of benzene rings is 2. The molecule has 0 saturated heterocycles. The van der Waals surface area contributed by atoms with Crippen molar-refractivity contribution in [3.63, 3.8) is 0 Å². The summed E-state index contributed by atoms with van der Waals surface area (Å²) >= 11 is 0. The molecule has 0 bridgehead atoms. The van der Waals surface area contributed by atoms with E-state index in [4.69, 9.17) is 0 Å². The van der Waals surface area contributed by atoms with Crippen LogP contribution < -0.4 is 4.90 Å². The normalized spacial score (nSPS) is 19.5. The van der Waals surface area contributed by atoms with Crippen LogP contribution in [0.3, 0.4) is 0 Å². The Morgan fingerprint density at radius 3 is 2.45 bits per heavy atom. The number of imidazole rings is 1. The van der Waals surface area contributed by atoms with Gasteiger partial charge in [-0.25, -0.2) is 13.4 Å². The Morgan fingerprint density at radius 2 is 1.79 bits per heavy atom. The maximum absolute atomic E-state index is 13.8. The Bertz CT molecular complexity index is 1340. The fraction of sp³-hybridized carbons (Fsp3) is 0.464. The molecule has 1 N–H and O–H groups in total. The summed E-state index contributed by atoms with van der Waals surface area (Å²) in [6.45, 7) is 2.92. The molecule has 204 valence electrons. The number of rotatable bonds is 7. The number of H-pyrrole nitrogens is 1. The molecule has 10 heteroatoms. The van der Waals surface area contributed by atoms with E-state index in [0.717, 1.165) is 59.6 Å². The smallest absolute Gasteiger partial charge is 0.361 e. The molecule has 1 aliphatic heterocycles. The van der Waals surface area contributed by atoms with Gasteiger partial charge in [0.15, 0.2) is 0 Å². The summed E-state index contributed by atoms with van der Waals surface area (Å²) in [6.07, 6.45) is 5.62. The van der Waals surface area contributed by atoms with Gasteiger partial charge in [-0.1, -0.05) is 43.4 Å². The van der Waals surface area contributed by atoms with Crippen LogP contribution in [-0.4, -0.2) is 35.3 Å².